The average molecular weight is 246 g/mol. The van der Waals surface area contributed by atoms with Gasteiger partial charge in [0.1, 0.15) is 5.75 Å². The van der Waals surface area contributed by atoms with Crippen LogP contribution in [-0.2, 0) is 6.54 Å². The van der Waals surface area contributed by atoms with E-state index in [1.54, 1.807) is 7.11 Å². The molecule has 0 bridgehead atoms. The van der Waals surface area contributed by atoms with Crippen LogP contribution in [0, 0.1) is 0 Å². The number of hydrogen-bond acceptors (Lipinski definition) is 3. The first-order valence-electron chi connectivity index (χ1n) is 5.28. The van der Waals surface area contributed by atoms with Crippen LogP contribution in [0.25, 0.3) is 0 Å². The van der Waals surface area contributed by atoms with E-state index in [-0.39, 0.29) is 18.5 Å². The van der Waals surface area contributed by atoms with Crippen LogP contribution in [0.15, 0.2) is 24.3 Å². The van der Waals surface area contributed by atoms with E-state index >= 15 is 0 Å². The van der Waals surface area contributed by atoms with E-state index in [0.29, 0.717) is 6.54 Å². The van der Waals surface area contributed by atoms with Gasteiger partial charge in [-0.3, -0.25) is 0 Å². The first-order valence-corrected chi connectivity index (χ1v) is 5.28. The van der Waals surface area contributed by atoms with Crippen LogP contribution in [0.1, 0.15) is 18.9 Å². The Morgan fingerprint density at radius 3 is 2.81 bits per heavy atom. The van der Waals surface area contributed by atoms with Gasteiger partial charge in [0.2, 0.25) is 0 Å². The van der Waals surface area contributed by atoms with Crippen LogP contribution in [0.5, 0.6) is 5.75 Å². The van der Waals surface area contributed by atoms with Gasteiger partial charge in [0, 0.05) is 13.1 Å². The summed E-state index contributed by atoms with van der Waals surface area (Å²) in [6.07, 6.45) is 0.529. The number of methoxy groups -OCH3 is 1. The second-order valence-electron chi connectivity index (χ2n) is 3.54. The van der Waals surface area contributed by atoms with E-state index in [1.165, 1.54) is 0 Å². The summed E-state index contributed by atoms with van der Waals surface area (Å²) >= 11 is 0. The molecule has 0 fully saturated rings. The first kappa shape index (κ1) is 15.2. The minimum Gasteiger partial charge on any atom is -0.497 e. The summed E-state index contributed by atoms with van der Waals surface area (Å²) in [6, 6.07) is 7.91. The van der Waals surface area contributed by atoms with Gasteiger partial charge < -0.3 is 15.2 Å². The fourth-order valence-electron chi connectivity index (χ4n) is 1.31. The fourth-order valence-corrected chi connectivity index (χ4v) is 1.31. The summed E-state index contributed by atoms with van der Waals surface area (Å²) in [6.45, 7) is 3.36. The first-order chi connectivity index (χ1) is 7.26. The highest BCUT2D eigenvalue weighted by Gasteiger charge is 2.00. The second-order valence-corrected chi connectivity index (χ2v) is 3.54. The van der Waals surface area contributed by atoms with Crippen molar-refractivity contribution in [3.8, 4) is 5.75 Å². The molecule has 0 amide bonds. The minimum atomic E-state index is -0.254. The van der Waals surface area contributed by atoms with E-state index in [2.05, 4.69) is 5.32 Å². The SMILES string of the molecule is CCC(O)CNCc1cccc(OC)c1.Cl. The van der Waals surface area contributed by atoms with Crippen molar-refractivity contribution in [2.24, 2.45) is 0 Å². The topological polar surface area (TPSA) is 41.5 Å². The van der Waals surface area contributed by atoms with E-state index in [1.807, 2.05) is 31.2 Å². The molecular weight excluding hydrogens is 226 g/mol. The Hall–Kier alpha value is -0.770. The number of aliphatic hydroxyl groups is 1. The molecular formula is C12H20ClNO2. The van der Waals surface area contributed by atoms with Crippen molar-refractivity contribution in [3.05, 3.63) is 29.8 Å². The zero-order valence-corrected chi connectivity index (χ0v) is 10.6. The highest BCUT2D eigenvalue weighted by Crippen LogP contribution is 2.11. The quantitative estimate of drug-likeness (QED) is 0.805. The van der Waals surface area contributed by atoms with Crippen molar-refractivity contribution in [2.75, 3.05) is 13.7 Å². The van der Waals surface area contributed by atoms with Gasteiger partial charge in [-0.15, -0.1) is 12.4 Å². The molecule has 4 heteroatoms. The highest BCUT2D eigenvalue weighted by molar-refractivity contribution is 5.85. The van der Waals surface area contributed by atoms with E-state index in [4.69, 9.17) is 4.74 Å². The molecule has 0 aliphatic carbocycles. The van der Waals surface area contributed by atoms with Gasteiger partial charge in [0.15, 0.2) is 0 Å². The maximum absolute atomic E-state index is 9.35. The lowest BCUT2D eigenvalue weighted by Crippen LogP contribution is -2.25. The van der Waals surface area contributed by atoms with Gasteiger partial charge >= 0.3 is 0 Å². The lowest BCUT2D eigenvalue weighted by atomic mass is 10.2. The van der Waals surface area contributed by atoms with Gasteiger partial charge in [-0.05, 0) is 24.1 Å². The number of halogens is 1. The van der Waals surface area contributed by atoms with Gasteiger partial charge in [-0.25, -0.2) is 0 Å². The van der Waals surface area contributed by atoms with Crippen LogP contribution in [0.3, 0.4) is 0 Å². The van der Waals surface area contributed by atoms with Crippen LogP contribution in [0.4, 0.5) is 0 Å². The molecule has 0 radical (unpaired) electrons. The third kappa shape index (κ3) is 5.35. The van der Waals surface area contributed by atoms with Crippen molar-refractivity contribution in [1.29, 1.82) is 0 Å². The maximum atomic E-state index is 9.35. The molecule has 1 aromatic rings. The predicted molar refractivity (Wildman–Crippen MR) is 68.2 cm³/mol. The van der Waals surface area contributed by atoms with Crippen molar-refractivity contribution in [2.45, 2.75) is 26.0 Å². The van der Waals surface area contributed by atoms with Crippen molar-refractivity contribution in [1.82, 2.24) is 5.32 Å². The van der Waals surface area contributed by atoms with Crippen LogP contribution in [-0.4, -0.2) is 24.9 Å². The number of benzene rings is 1. The van der Waals surface area contributed by atoms with Crippen molar-refractivity contribution < 1.29 is 9.84 Å². The van der Waals surface area contributed by atoms with Gasteiger partial charge in [0.25, 0.3) is 0 Å². The summed E-state index contributed by atoms with van der Waals surface area (Å²) < 4.78 is 5.13. The summed E-state index contributed by atoms with van der Waals surface area (Å²) in [7, 11) is 1.66. The number of ether oxygens (including phenoxy) is 1. The minimum absolute atomic E-state index is 0. The standard InChI is InChI=1S/C12H19NO2.ClH/c1-3-11(14)9-13-8-10-5-4-6-12(7-10)15-2;/h4-7,11,13-14H,3,8-9H2,1-2H3;1H. The largest absolute Gasteiger partial charge is 0.497 e. The predicted octanol–water partition coefficient (Wildman–Crippen LogP) is 1.98. The summed E-state index contributed by atoms with van der Waals surface area (Å²) in [5.41, 5.74) is 1.16. The average Bonchev–Trinajstić information content (AvgIpc) is 2.29. The normalized spacial score (nSPS) is 11.7. The smallest absolute Gasteiger partial charge is 0.119 e. The molecule has 0 aliphatic rings. The molecule has 0 aliphatic heterocycles. The maximum Gasteiger partial charge on any atom is 0.119 e. The molecule has 0 saturated heterocycles. The van der Waals surface area contributed by atoms with Crippen LogP contribution in [0.2, 0.25) is 0 Å². The highest BCUT2D eigenvalue weighted by atomic mass is 35.5. The van der Waals surface area contributed by atoms with E-state index in [0.717, 1.165) is 24.3 Å². The lowest BCUT2D eigenvalue weighted by Gasteiger charge is -2.09. The number of aliphatic hydroxyl groups excluding tert-OH is 1. The third-order valence-corrected chi connectivity index (χ3v) is 2.31. The van der Waals surface area contributed by atoms with Gasteiger partial charge in [0.05, 0.1) is 13.2 Å². The molecule has 0 aromatic heterocycles. The Morgan fingerprint density at radius 2 is 2.19 bits per heavy atom. The van der Waals surface area contributed by atoms with Crippen LogP contribution < -0.4 is 10.1 Å². The summed E-state index contributed by atoms with van der Waals surface area (Å²) in [5.74, 6) is 0.866. The zero-order chi connectivity index (χ0) is 11.1. The Bertz CT molecular complexity index is 294. The van der Waals surface area contributed by atoms with Gasteiger partial charge in [-0.2, -0.15) is 0 Å². The Kier molecular flexibility index (Phi) is 7.99. The second kappa shape index (κ2) is 8.39. The molecule has 1 aromatic carbocycles. The summed E-state index contributed by atoms with van der Waals surface area (Å²) in [5, 5.41) is 12.5. The van der Waals surface area contributed by atoms with Gasteiger partial charge in [-0.1, -0.05) is 19.1 Å². The fraction of sp³-hybridized carbons (Fsp3) is 0.500. The molecule has 1 rings (SSSR count). The summed E-state index contributed by atoms with van der Waals surface area (Å²) in [4.78, 5) is 0. The Labute approximate surface area is 103 Å². The molecule has 0 heterocycles. The van der Waals surface area contributed by atoms with E-state index in [9.17, 15) is 5.11 Å². The number of nitrogens with one attached hydrogen (secondary N) is 1. The molecule has 0 spiro atoms. The molecule has 0 saturated carbocycles. The van der Waals surface area contributed by atoms with E-state index < -0.39 is 0 Å². The van der Waals surface area contributed by atoms with Crippen LogP contribution >= 0.6 is 12.4 Å². The molecule has 1 atom stereocenters. The Morgan fingerprint density at radius 1 is 1.44 bits per heavy atom. The lowest BCUT2D eigenvalue weighted by molar-refractivity contribution is 0.167. The number of rotatable bonds is 6. The monoisotopic (exact) mass is 245 g/mol. The third-order valence-electron chi connectivity index (χ3n) is 2.31. The van der Waals surface area contributed by atoms with Crippen molar-refractivity contribution in [3.63, 3.8) is 0 Å². The molecule has 2 N–H and O–H groups in total. The molecule has 3 nitrogen and oxygen atoms in total. The molecule has 1 unspecified atom stereocenters. The molecule has 92 valence electrons. The zero-order valence-electron chi connectivity index (χ0n) is 9.77. The molecule has 16 heavy (non-hydrogen) atoms. The Balaban J connectivity index is 0.00000225. The van der Waals surface area contributed by atoms with Crippen molar-refractivity contribution >= 4 is 12.4 Å². The number of hydrogen-bond donors (Lipinski definition) is 2.